The van der Waals surface area contributed by atoms with Crippen molar-refractivity contribution < 1.29 is 8.42 Å². The Labute approximate surface area is 172 Å². The highest BCUT2D eigenvalue weighted by atomic mass is 79.9. The molecule has 5 nitrogen and oxygen atoms in total. The van der Waals surface area contributed by atoms with Gasteiger partial charge in [-0.3, -0.25) is 4.72 Å². The number of aryl methyl sites for hydroxylation is 2. The zero-order valence-electron chi connectivity index (χ0n) is 15.3. The van der Waals surface area contributed by atoms with E-state index in [1.165, 1.54) is 0 Å². The molecule has 0 unspecified atom stereocenters. The van der Waals surface area contributed by atoms with Crippen molar-refractivity contribution in [3.8, 4) is 11.3 Å². The summed E-state index contributed by atoms with van der Waals surface area (Å²) in [6, 6.07) is 16.2. The number of aromatic nitrogens is 2. The quantitative estimate of drug-likeness (QED) is 0.460. The molecule has 0 bridgehead atoms. The van der Waals surface area contributed by atoms with Crippen LogP contribution >= 0.6 is 15.9 Å². The topological polar surface area (TPSA) is 63.5 Å². The second-order valence-corrected chi connectivity index (χ2v) is 9.24. The van der Waals surface area contributed by atoms with Crippen LogP contribution in [0, 0.1) is 13.8 Å². The molecule has 28 heavy (non-hydrogen) atoms. The Hall–Kier alpha value is -2.64. The molecular formula is C21H18BrN3O2S. The molecule has 142 valence electrons. The first-order valence-corrected chi connectivity index (χ1v) is 10.9. The van der Waals surface area contributed by atoms with E-state index in [0.29, 0.717) is 5.69 Å². The maximum atomic E-state index is 12.8. The van der Waals surface area contributed by atoms with Gasteiger partial charge in [0, 0.05) is 22.4 Å². The van der Waals surface area contributed by atoms with E-state index >= 15 is 0 Å². The SMILES string of the molecule is Cc1ccc(-c2cn3cccc(C)c3n2)cc1NS(=O)(=O)c1ccc(Br)cc1. The number of fused-ring (bicyclic) bond motifs is 1. The van der Waals surface area contributed by atoms with E-state index in [0.717, 1.165) is 32.5 Å². The van der Waals surface area contributed by atoms with Crippen molar-refractivity contribution in [2.45, 2.75) is 18.7 Å². The van der Waals surface area contributed by atoms with Crippen LogP contribution in [0.2, 0.25) is 0 Å². The lowest BCUT2D eigenvalue weighted by atomic mass is 10.1. The average Bonchev–Trinajstić information content (AvgIpc) is 3.09. The molecule has 1 N–H and O–H groups in total. The Bertz CT molecular complexity index is 1280. The number of nitrogens with one attached hydrogen (secondary N) is 1. The number of pyridine rings is 1. The summed E-state index contributed by atoms with van der Waals surface area (Å²) in [6.07, 6.45) is 3.89. The number of benzene rings is 2. The predicted molar refractivity (Wildman–Crippen MR) is 115 cm³/mol. The van der Waals surface area contributed by atoms with Crippen LogP contribution in [0.3, 0.4) is 0 Å². The van der Waals surface area contributed by atoms with Crippen LogP contribution in [-0.4, -0.2) is 17.8 Å². The molecule has 0 saturated heterocycles. The number of hydrogen-bond acceptors (Lipinski definition) is 3. The molecule has 4 rings (SSSR count). The summed E-state index contributed by atoms with van der Waals surface area (Å²) in [4.78, 5) is 4.91. The second kappa shape index (κ2) is 7.07. The van der Waals surface area contributed by atoms with Crippen LogP contribution in [0.25, 0.3) is 16.9 Å². The molecule has 2 aromatic heterocycles. The lowest BCUT2D eigenvalue weighted by molar-refractivity contribution is 0.601. The molecule has 0 spiro atoms. The first-order chi connectivity index (χ1) is 13.3. The van der Waals surface area contributed by atoms with Crippen LogP contribution in [0.1, 0.15) is 11.1 Å². The summed E-state index contributed by atoms with van der Waals surface area (Å²) in [5, 5.41) is 0. The van der Waals surface area contributed by atoms with Gasteiger partial charge in [0.15, 0.2) is 0 Å². The third kappa shape index (κ3) is 3.55. The standard InChI is InChI=1S/C21H18BrN3O2S/c1-14-5-6-16(20-13-25-11-3-4-15(2)21(25)23-20)12-19(14)24-28(26,27)18-9-7-17(22)8-10-18/h3-13,24H,1-2H3. The molecule has 0 aliphatic carbocycles. The summed E-state index contributed by atoms with van der Waals surface area (Å²) in [6.45, 7) is 3.88. The summed E-state index contributed by atoms with van der Waals surface area (Å²) in [7, 11) is -3.68. The zero-order valence-corrected chi connectivity index (χ0v) is 17.8. The highest BCUT2D eigenvalue weighted by molar-refractivity contribution is 9.10. The van der Waals surface area contributed by atoms with E-state index in [1.807, 2.05) is 61.0 Å². The van der Waals surface area contributed by atoms with E-state index in [4.69, 9.17) is 4.98 Å². The molecule has 7 heteroatoms. The summed E-state index contributed by atoms with van der Waals surface area (Å²) >= 11 is 3.32. The molecule has 0 radical (unpaired) electrons. The van der Waals surface area contributed by atoms with Gasteiger partial charge in [-0.1, -0.05) is 34.1 Å². The maximum Gasteiger partial charge on any atom is 0.261 e. The molecule has 0 fully saturated rings. The Morgan fingerprint density at radius 3 is 2.46 bits per heavy atom. The summed E-state index contributed by atoms with van der Waals surface area (Å²) in [5.41, 5.74) is 4.98. The average molecular weight is 456 g/mol. The molecule has 0 amide bonds. The van der Waals surface area contributed by atoms with Crippen molar-refractivity contribution in [2.24, 2.45) is 0 Å². The third-order valence-electron chi connectivity index (χ3n) is 4.58. The van der Waals surface area contributed by atoms with Crippen LogP contribution in [0.5, 0.6) is 0 Å². The van der Waals surface area contributed by atoms with Crippen molar-refractivity contribution in [1.82, 2.24) is 9.38 Å². The summed E-state index contributed by atoms with van der Waals surface area (Å²) < 4.78 is 31.0. The smallest absolute Gasteiger partial charge is 0.261 e. The number of hydrogen-bond donors (Lipinski definition) is 1. The van der Waals surface area contributed by atoms with Gasteiger partial charge in [0.25, 0.3) is 10.0 Å². The van der Waals surface area contributed by atoms with E-state index in [1.54, 1.807) is 24.3 Å². The Morgan fingerprint density at radius 1 is 1.00 bits per heavy atom. The fraction of sp³-hybridized carbons (Fsp3) is 0.0952. The minimum absolute atomic E-state index is 0.212. The van der Waals surface area contributed by atoms with Gasteiger partial charge in [-0.05, 0) is 61.4 Å². The molecule has 0 atom stereocenters. The van der Waals surface area contributed by atoms with Crippen LogP contribution in [0.15, 0.2) is 76.4 Å². The van der Waals surface area contributed by atoms with Gasteiger partial charge in [-0.15, -0.1) is 0 Å². The van der Waals surface area contributed by atoms with Gasteiger partial charge < -0.3 is 4.40 Å². The molecule has 0 aliphatic heterocycles. The van der Waals surface area contributed by atoms with Gasteiger partial charge in [-0.2, -0.15) is 0 Å². The minimum Gasteiger partial charge on any atom is -0.306 e. The van der Waals surface area contributed by atoms with Gasteiger partial charge >= 0.3 is 0 Å². The first-order valence-electron chi connectivity index (χ1n) is 8.67. The monoisotopic (exact) mass is 455 g/mol. The Balaban J connectivity index is 1.72. The van der Waals surface area contributed by atoms with Crippen LogP contribution in [-0.2, 0) is 10.0 Å². The van der Waals surface area contributed by atoms with Crippen molar-refractivity contribution in [2.75, 3.05) is 4.72 Å². The zero-order chi connectivity index (χ0) is 19.9. The van der Waals surface area contributed by atoms with Crippen molar-refractivity contribution >= 4 is 37.3 Å². The molecule has 0 aliphatic rings. The maximum absolute atomic E-state index is 12.8. The predicted octanol–water partition coefficient (Wildman–Crippen LogP) is 5.18. The number of nitrogens with zero attached hydrogens (tertiary/aromatic N) is 2. The third-order valence-corrected chi connectivity index (χ3v) is 6.49. The molecule has 2 heterocycles. The minimum atomic E-state index is -3.68. The largest absolute Gasteiger partial charge is 0.306 e. The number of halogens is 1. The molecule has 4 aromatic rings. The van der Waals surface area contributed by atoms with E-state index in [9.17, 15) is 8.42 Å². The number of rotatable bonds is 4. The fourth-order valence-corrected chi connectivity index (χ4v) is 4.39. The number of sulfonamides is 1. The van der Waals surface area contributed by atoms with Gasteiger partial charge in [0.1, 0.15) is 5.65 Å². The van der Waals surface area contributed by atoms with Crippen LogP contribution in [0.4, 0.5) is 5.69 Å². The highest BCUT2D eigenvalue weighted by Gasteiger charge is 2.16. The van der Waals surface area contributed by atoms with Gasteiger partial charge in [0.2, 0.25) is 0 Å². The molecular weight excluding hydrogens is 438 g/mol. The second-order valence-electron chi connectivity index (χ2n) is 6.64. The first kappa shape index (κ1) is 18.7. The number of imidazole rings is 1. The molecule has 0 saturated carbocycles. The van der Waals surface area contributed by atoms with Gasteiger partial charge in [-0.25, -0.2) is 13.4 Å². The van der Waals surface area contributed by atoms with Crippen LogP contribution < -0.4 is 4.72 Å². The Morgan fingerprint density at radius 2 is 1.75 bits per heavy atom. The van der Waals surface area contributed by atoms with Gasteiger partial charge in [0.05, 0.1) is 16.3 Å². The van der Waals surface area contributed by atoms with Crippen molar-refractivity contribution in [3.63, 3.8) is 0 Å². The van der Waals surface area contributed by atoms with Crippen molar-refractivity contribution in [3.05, 3.63) is 82.6 Å². The van der Waals surface area contributed by atoms with E-state index in [-0.39, 0.29) is 4.90 Å². The molecule has 2 aromatic carbocycles. The fourth-order valence-electron chi connectivity index (χ4n) is 3.00. The lowest BCUT2D eigenvalue weighted by Crippen LogP contribution is -2.13. The lowest BCUT2D eigenvalue weighted by Gasteiger charge is -2.12. The van der Waals surface area contributed by atoms with E-state index < -0.39 is 10.0 Å². The highest BCUT2D eigenvalue weighted by Crippen LogP contribution is 2.28. The Kier molecular flexibility index (Phi) is 4.72. The normalized spacial score (nSPS) is 11.7. The van der Waals surface area contributed by atoms with E-state index in [2.05, 4.69) is 20.7 Å². The van der Waals surface area contributed by atoms with Crippen molar-refractivity contribution in [1.29, 1.82) is 0 Å². The summed E-state index contributed by atoms with van der Waals surface area (Å²) in [5.74, 6) is 0. The number of anilines is 1.